The van der Waals surface area contributed by atoms with Gasteiger partial charge in [0.25, 0.3) is 0 Å². The first-order valence-corrected chi connectivity index (χ1v) is 9.27. The summed E-state index contributed by atoms with van der Waals surface area (Å²) >= 11 is 0. The fourth-order valence-electron chi connectivity index (χ4n) is 4.06. The van der Waals surface area contributed by atoms with Crippen molar-refractivity contribution in [1.82, 2.24) is 19.8 Å². The Morgan fingerprint density at radius 3 is 2.84 bits per heavy atom. The van der Waals surface area contributed by atoms with Crippen LogP contribution in [-0.4, -0.2) is 69.1 Å². The second kappa shape index (κ2) is 6.77. The molecule has 134 valence electrons. The Hall–Kier alpha value is -1.92. The summed E-state index contributed by atoms with van der Waals surface area (Å²) in [5.74, 6) is 0.957. The molecule has 2 aliphatic rings. The van der Waals surface area contributed by atoms with E-state index in [4.69, 9.17) is 0 Å². The molecule has 1 aromatic heterocycles. The van der Waals surface area contributed by atoms with Gasteiger partial charge in [-0.3, -0.25) is 4.79 Å². The molecule has 1 amide bonds. The average molecular weight is 342 g/mol. The molecular weight excluding hydrogens is 316 g/mol. The largest absolute Gasteiger partial charge is 0.387 e. The van der Waals surface area contributed by atoms with E-state index in [1.807, 2.05) is 29.2 Å². The van der Waals surface area contributed by atoms with E-state index in [0.29, 0.717) is 38.9 Å². The predicted molar refractivity (Wildman–Crippen MR) is 96.2 cm³/mol. The fourth-order valence-corrected chi connectivity index (χ4v) is 4.06. The van der Waals surface area contributed by atoms with Gasteiger partial charge in [-0.25, -0.2) is 4.98 Å². The van der Waals surface area contributed by atoms with Crippen LogP contribution in [0.1, 0.15) is 31.5 Å². The molecule has 0 aliphatic carbocycles. The van der Waals surface area contributed by atoms with Gasteiger partial charge in [-0.2, -0.15) is 0 Å². The van der Waals surface area contributed by atoms with E-state index in [0.717, 1.165) is 29.9 Å². The maximum absolute atomic E-state index is 12.5. The van der Waals surface area contributed by atoms with Crippen LogP contribution in [0.4, 0.5) is 0 Å². The lowest BCUT2D eigenvalue weighted by Gasteiger charge is -2.28. The molecule has 2 aromatic rings. The van der Waals surface area contributed by atoms with Crippen LogP contribution in [0.25, 0.3) is 11.0 Å². The number of H-pyrrole nitrogens is 1. The smallest absolute Gasteiger partial charge is 0.223 e. The molecule has 2 saturated heterocycles. The van der Waals surface area contributed by atoms with Gasteiger partial charge in [-0.15, -0.1) is 0 Å². The summed E-state index contributed by atoms with van der Waals surface area (Å²) in [6.45, 7) is 3.96. The number of β-amino-alcohol motifs (C(OH)–C–C–N with tert-alkyl or cyclic N) is 1. The van der Waals surface area contributed by atoms with E-state index in [9.17, 15) is 9.90 Å². The Bertz CT molecular complexity index is 720. The van der Waals surface area contributed by atoms with Crippen LogP contribution >= 0.6 is 0 Å². The number of para-hydroxylation sites is 2. The van der Waals surface area contributed by atoms with Gasteiger partial charge in [0.15, 0.2) is 0 Å². The standard InChI is InChI=1S/C19H26N4O2/c24-18(8-7-17-20-15-5-1-2-6-16(15)21-17)23-12-9-19(25,14-23)13-22-10-3-4-11-22/h1-2,5-6,25H,3-4,7-14H2,(H,20,21)/t19-/m1/s1. The van der Waals surface area contributed by atoms with Crippen molar-refractivity contribution < 1.29 is 9.90 Å². The van der Waals surface area contributed by atoms with Crippen molar-refractivity contribution >= 4 is 16.9 Å². The molecule has 2 fully saturated rings. The number of nitrogens with zero attached hydrogens (tertiary/aromatic N) is 3. The molecule has 0 radical (unpaired) electrons. The number of imidazole rings is 1. The van der Waals surface area contributed by atoms with Crippen molar-refractivity contribution in [3.05, 3.63) is 30.1 Å². The lowest BCUT2D eigenvalue weighted by molar-refractivity contribution is -0.131. The van der Waals surface area contributed by atoms with Crippen molar-refractivity contribution in [2.75, 3.05) is 32.7 Å². The van der Waals surface area contributed by atoms with E-state index in [1.165, 1.54) is 12.8 Å². The molecule has 6 heteroatoms. The van der Waals surface area contributed by atoms with Gasteiger partial charge in [0, 0.05) is 25.9 Å². The monoisotopic (exact) mass is 342 g/mol. The molecule has 2 aliphatic heterocycles. The topological polar surface area (TPSA) is 72.5 Å². The number of hydrogen-bond donors (Lipinski definition) is 2. The summed E-state index contributed by atoms with van der Waals surface area (Å²) in [6, 6.07) is 7.90. The molecule has 0 bridgehead atoms. The number of aryl methyl sites for hydroxylation is 1. The third kappa shape index (κ3) is 3.70. The summed E-state index contributed by atoms with van der Waals surface area (Å²) in [7, 11) is 0. The Morgan fingerprint density at radius 2 is 2.04 bits per heavy atom. The van der Waals surface area contributed by atoms with Gasteiger partial charge >= 0.3 is 0 Å². The second-order valence-electron chi connectivity index (χ2n) is 7.47. The maximum atomic E-state index is 12.5. The summed E-state index contributed by atoms with van der Waals surface area (Å²) in [4.78, 5) is 24.5. The highest BCUT2D eigenvalue weighted by Crippen LogP contribution is 2.25. The number of likely N-dealkylation sites (tertiary alicyclic amines) is 2. The lowest BCUT2D eigenvalue weighted by Crippen LogP contribution is -2.45. The first-order valence-electron chi connectivity index (χ1n) is 9.27. The number of carbonyl (C=O) groups is 1. The molecule has 0 saturated carbocycles. The van der Waals surface area contributed by atoms with Gasteiger partial charge in [0.2, 0.25) is 5.91 Å². The fraction of sp³-hybridized carbons (Fsp3) is 0.579. The van der Waals surface area contributed by atoms with Crippen molar-refractivity contribution in [2.24, 2.45) is 0 Å². The minimum Gasteiger partial charge on any atom is -0.387 e. The molecule has 6 nitrogen and oxygen atoms in total. The normalized spacial score (nSPS) is 24.4. The Kier molecular flexibility index (Phi) is 4.48. The van der Waals surface area contributed by atoms with E-state index >= 15 is 0 Å². The molecular formula is C19H26N4O2. The van der Waals surface area contributed by atoms with Gasteiger partial charge in [-0.1, -0.05) is 12.1 Å². The van der Waals surface area contributed by atoms with E-state index in [2.05, 4.69) is 14.9 Å². The molecule has 25 heavy (non-hydrogen) atoms. The van der Waals surface area contributed by atoms with Crippen LogP contribution in [0.15, 0.2) is 24.3 Å². The molecule has 1 atom stereocenters. The summed E-state index contributed by atoms with van der Waals surface area (Å²) in [6.07, 6.45) is 4.15. The number of nitrogens with one attached hydrogen (secondary N) is 1. The zero-order valence-corrected chi connectivity index (χ0v) is 14.6. The van der Waals surface area contributed by atoms with Crippen LogP contribution in [0.5, 0.6) is 0 Å². The van der Waals surface area contributed by atoms with E-state index in [-0.39, 0.29) is 5.91 Å². The van der Waals surface area contributed by atoms with Crippen molar-refractivity contribution in [2.45, 2.75) is 37.7 Å². The highest BCUT2D eigenvalue weighted by molar-refractivity contribution is 5.77. The van der Waals surface area contributed by atoms with Crippen molar-refractivity contribution in [3.8, 4) is 0 Å². The SMILES string of the molecule is O=C(CCc1nc2ccccc2[nH]1)N1CC[C@@](O)(CN2CCCC2)C1. The second-order valence-corrected chi connectivity index (χ2v) is 7.47. The first-order chi connectivity index (χ1) is 12.1. The van der Waals surface area contributed by atoms with Crippen LogP contribution in [0.2, 0.25) is 0 Å². The Labute approximate surface area is 147 Å². The molecule has 0 spiro atoms. The number of carbonyl (C=O) groups excluding carboxylic acids is 1. The number of rotatable bonds is 5. The quantitative estimate of drug-likeness (QED) is 0.865. The van der Waals surface area contributed by atoms with E-state index < -0.39 is 5.60 Å². The number of aromatic amines is 1. The van der Waals surface area contributed by atoms with Gasteiger partial charge in [-0.05, 0) is 44.5 Å². The highest BCUT2D eigenvalue weighted by Gasteiger charge is 2.39. The van der Waals surface area contributed by atoms with Crippen LogP contribution < -0.4 is 0 Å². The average Bonchev–Trinajstić information content (AvgIpc) is 3.32. The first kappa shape index (κ1) is 16.5. The number of aromatic nitrogens is 2. The molecule has 1 aromatic carbocycles. The minimum atomic E-state index is -0.737. The third-order valence-corrected chi connectivity index (χ3v) is 5.42. The maximum Gasteiger partial charge on any atom is 0.223 e. The number of fused-ring (bicyclic) bond motifs is 1. The van der Waals surface area contributed by atoms with Crippen LogP contribution in [0, 0.1) is 0 Å². The van der Waals surface area contributed by atoms with Crippen molar-refractivity contribution in [1.29, 1.82) is 0 Å². The molecule has 0 unspecified atom stereocenters. The van der Waals surface area contributed by atoms with Crippen LogP contribution in [0.3, 0.4) is 0 Å². The third-order valence-electron chi connectivity index (χ3n) is 5.42. The summed E-state index contributed by atoms with van der Waals surface area (Å²) < 4.78 is 0. The number of hydrogen-bond acceptors (Lipinski definition) is 4. The van der Waals surface area contributed by atoms with Gasteiger partial charge in [0.05, 0.1) is 23.2 Å². The number of aliphatic hydroxyl groups is 1. The number of benzene rings is 1. The van der Waals surface area contributed by atoms with E-state index in [1.54, 1.807) is 0 Å². The van der Waals surface area contributed by atoms with Gasteiger partial charge < -0.3 is 19.9 Å². The molecule has 3 heterocycles. The van der Waals surface area contributed by atoms with Gasteiger partial charge in [0.1, 0.15) is 5.82 Å². The summed E-state index contributed by atoms with van der Waals surface area (Å²) in [5.41, 5.74) is 1.21. The lowest BCUT2D eigenvalue weighted by atomic mass is 10.0. The zero-order valence-electron chi connectivity index (χ0n) is 14.6. The minimum absolute atomic E-state index is 0.109. The Balaban J connectivity index is 1.30. The zero-order chi connectivity index (χ0) is 17.3. The van der Waals surface area contributed by atoms with Crippen LogP contribution in [-0.2, 0) is 11.2 Å². The van der Waals surface area contributed by atoms with Crippen molar-refractivity contribution in [3.63, 3.8) is 0 Å². The summed E-state index contributed by atoms with van der Waals surface area (Å²) in [5, 5.41) is 10.8. The molecule has 4 rings (SSSR count). The molecule has 2 N–H and O–H groups in total. The predicted octanol–water partition coefficient (Wildman–Crippen LogP) is 1.55. The number of amides is 1. The Morgan fingerprint density at radius 1 is 1.24 bits per heavy atom. The highest BCUT2D eigenvalue weighted by atomic mass is 16.3.